The maximum absolute atomic E-state index is 13.5. The van der Waals surface area contributed by atoms with Gasteiger partial charge in [-0.3, -0.25) is 4.79 Å². The van der Waals surface area contributed by atoms with Crippen molar-refractivity contribution in [1.29, 1.82) is 0 Å². The first-order valence-corrected chi connectivity index (χ1v) is 11.7. The van der Waals surface area contributed by atoms with Gasteiger partial charge in [0.2, 0.25) is 0 Å². The molecule has 1 atom stereocenters. The third-order valence-corrected chi connectivity index (χ3v) is 6.44. The van der Waals surface area contributed by atoms with Crippen LogP contribution in [-0.2, 0) is 4.74 Å². The number of pyridine rings is 1. The zero-order chi connectivity index (χ0) is 24.5. The zero-order valence-electron chi connectivity index (χ0n) is 19.1. The second-order valence-corrected chi connectivity index (χ2v) is 8.92. The predicted octanol–water partition coefficient (Wildman–Crippen LogP) is 4.00. The van der Waals surface area contributed by atoms with E-state index in [0.29, 0.717) is 35.9 Å². The Hall–Kier alpha value is -3.40. The van der Waals surface area contributed by atoms with Gasteiger partial charge in [-0.25, -0.2) is 9.37 Å². The Morgan fingerprint density at radius 3 is 2.83 bits per heavy atom. The maximum Gasteiger partial charge on any atom is 0.261 e. The van der Waals surface area contributed by atoms with Crippen LogP contribution in [-0.4, -0.2) is 52.9 Å². The molecule has 1 fully saturated rings. The molecule has 1 saturated heterocycles. The van der Waals surface area contributed by atoms with E-state index in [1.807, 2.05) is 13.0 Å². The van der Waals surface area contributed by atoms with Gasteiger partial charge < -0.3 is 30.0 Å². The second kappa shape index (κ2) is 9.69. The molecule has 35 heavy (non-hydrogen) atoms. The van der Waals surface area contributed by atoms with Crippen molar-refractivity contribution in [3.05, 3.63) is 74.9 Å². The van der Waals surface area contributed by atoms with Crippen LogP contribution in [0.1, 0.15) is 17.2 Å². The number of benzene rings is 2. The number of rotatable bonds is 6. The maximum atomic E-state index is 13.5. The molecule has 0 unspecified atom stereocenters. The van der Waals surface area contributed by atoms with E-state index in [9.17, 15) is 14.3 Å². The van der Waals surface area contributed by atoms with Gasteiger partial charge in [0.1, 0.15) is 17.2 Å². The largest absolute Gasteiger partial charge is 0.387 e. The van der Waals surface area contributed by atoms with E-state index in [1.165, 1.54) is 24.4 Å². The number of nitrogens with zero attached hydrogens (tertiary/aromatic N) is 2. The molecule has 1 aliphatic heterocycles. The van der Waals surface area contributed by atoms with E-state index >= 15 is 0 Å². The minimum absolute atomic E-state index is 0.0625. The van der Waals surface area contributed by atoms with Crippen molar-refractivity contribution in [1.82, 2.24) is 15.0 Å². The number of hydrogen-bond acceptors (Lipinski definition) is 6. The fraction of sp³-hybridized carbons (Fsp3) is 0.280. The lowest BCUT2D eigenvalue weighted by Crippen LogP contribution is -2.36. The summed E-state index contributed by atoms with van der Waals surface area (Å²) in [6.45, 7) is 5.10. The van der Waals surface area contributed by atoms with Gasteiger partial charge in [0.25, 0.3) is 5.56 Å². The van der Waals surface area contributed by atoms with Crippen molar-refractivity contribution >= 4 is 34.0 Å². The topological polar surface area (TPSA) is 106 Å². The molecule has 0 aliphatic carbocycles. The Balaban J connectivity index is 1.44. The molecule has 0 amide bonds. The number of H-pyrrole nitrogens is 2. The normalized spacial score (nSPS) is 14.9. The molecule has 0 spiro atoms. The Kier molecular flexibility index (Phi) is 6.46. The second-order valence-electron chi connectivity index (χ2n) is 8.51. The smallest absolute Gasteiger partial charge is 0.261 e. The van der Waals surface area contributed by atoms with Crippen LogP contribution >= 0.6 is 11.6 Å². The van der Waals surface area contributed by atoms with Gasteiger partial charge in [0.15, 0.2) is 0 Å². The highest BCUT2D eigenvalue weighted by Gasteiger charge is 2.19. The Morgan fingerprint density at radius 2 is 2.06 bits per heavy atom. The number of hydrogen-bond donors (Lipinski definition) is 4. The SMILES string of the molecule is Cc1cc(N2CCOCC2)cc2[nH]c(-c3c(NC[C@@H](O)c4ccc(F)c(Cl)c4)cc[nH]c3=O)nc12. The summed E-state index contributed by atoms with van der Waals surface area (Å²) < 4.78 is 18.9. The molecule has 10 heteroatoms. The van der Waals surface area contributed by atoms with Crippen LogP contribution in [0.5, 0.6) is 0 Å². The van der Waals surface area contributed by atoms with E-state index < -0.39 is 11.9 Å². The van der Waals surface area contributed by atoms with Crippen LogP contribution in [0.15, 0.2) is 47.4 Å². The molecule has 8 nitrogen and oxygen atoms in total. The lowest BCUT2D eigenvalue weighted by Gasteiger charge is -2.29. The number of anilines is 2. The molecule has 0 bridgehead atoms. The van der Waals surface area contributed by atoms with Crippen LogP contribution in [0.4, 0.5) is 15.8 Å². The number of morpholine rings is 1. The number of aromatic nitrogens is 3. The number of fused-ring (bicyclic) bond motifs is 1. The van der Waals surface area contributed by atoms with Crippen molar-refractivity contribution in [3.63, 3.8) is 0 Å². The summed E-state index contributed by atoms with van der Waals surface area (Å²) in [6.07, 6.45) is 0.564. The molecule has 4 N–H and O–H groups in total. The quantitative estimate of drug-likeness (QED) is 0.321. The summed E-state index contributed by atoms with van der Waals surface area (Å²) in [6, 6.07) is 9.91. The summed E-state index contributed by atoms with van der Waals surface area (Å²) in [4.78, 5) is 25.8. The van der Waals surface area contributed by atoms with Crippen LogP contribution in [0.25, 0.3) is 22.4 Å². The van der Waals surface area contributed by atoms with Crippen LogP contribution < -0.4 is 15.8 Å². The van der Waals surface area contributed by atoms with E-state index in [0.717, 1.165) is 35.4 Å². The van der Waals surface area contributed by atoms with Gasteiger partial charge in [0, 0.05) is 31.5 Å². The number of aliphatic hydroxyl groups excluding tert-OH is 1. The molecular formula is C25H25ClFN5O3. The summed E-state index contributed by atoms with van der Waals surface area (Å²) in [5.41, 5.74) is 4.67. The molecule has 2 aromatic carbocycles. The van der Waals surface area contributed by atoms with Gasteiger partial charge in [-0.1, -0.05) is 17.7 Å². The lowest BCUT2D eigenvalue weighted by molar-refractivity contribution is 0.122. The van der Waals surface area contributed by atoms with E-state index in [1.54, 1.807) is 6.07 Å². The third kappa shape index (κ3) is 4.75. The highest BCUT2D eigenvalue weighted by Crippen LogP contribution is 2.30. The minimum Gasteiger partial charge on any atom is -0.387 e. The van der Waals surface area contributed by atoms with Gasteiger partial charge in [-0.2, -0.15) is 0 Å². The first kappa shape index (κ1) is 23.3. The van der Waals surface area contributed by atoms with Crippen molar-refractivity contribution in [3.8, 4) is 11.4 Å². The number of halogens is 2. The van der Waals surface area contributed by atoms with E-state index in [2.05, 4.69) is 26.3 Å². The first-order chi connectivity index (χ1) is 16.9. The average molecular weight is 498 g/mol. The number of aliphatic hydroxyl groups is 1. The average Bonchev–Trinajstić information content (AvgIpc) is 3.29. The van der Waals surface area contributed by atoms with Gasteiger partial charge in [0.05, 0.1) is 41.1 Å². The van der Waals surface area contributed by atoms with Crippen molar-refractivity contribution in [2.75, 3.05) is 43.1 Å². The number of nitrogens with one attached hydrogen (secondary N) is 3. The lowest BCUT2D eigenvalue weighted by atomic mass is 10.1. The Morgan fingerprint density at radius 1 is 1.26 bits per heavy atom. The first-order valence-electron chi connectivity index (χ1n) is 11.3. The molecule has 2 aromatic heterocycles. The number of aryl methyl sites for hydroxylation is 1. The molecule has 0 radical (unpaired) electrons. The van der Waals surface area contributed by atoms with Crippen molar-refractivity contribution < 1.29 is 14.2 Å². The zero-order valence-corrected chi connectivity index (χ0v) is 19.8. The highest BCUT2D eigenvalue weighted by atomic mass is 35.5. The highest BCUT2D eigenvalue weighted by molar-refractivity contribution is 6.30. The number of aromatic amines is 2. The molecule has 0 saturated carbocycles. The molecule has 4 aromatic rings. The summed E-state index contributed by atoms with van der Waals surface area (Å²) in [5, 5.41) is 13.6. The fourth-order valence-corrected chi connectivity index (χ4v) is 4.49. The van der Waals surface area contributed by atoms with Crippen molar-refractivity contribution in [2.45, 2.75) is 13.0 Å². The minimum atomic E-state index is -0.964. The van der Waals surface area contributed by atoms with Crippen LogP contribution in [0.3, 0.4) is 0 Å². The van der Waals surface area contributed by atoms with Crippen molar-refractivity contribution in [2.24, 2.45) is 0 Å². The molecule has 3 heterocycles. The molecule has 182 valence electrons. The standard InChI is InChI=1S/C25H25ClFN5O3/c1-14-10-16(32-6-8-35-9-7-32)12-20-23(14)31-24(30-20)22-19(4-5-28-25(22)34)29-13-21(33)15-2-3-18(27)17(26)11-15/h2-5,10-12,21,33H,6-9,13H2,1H3,(H,30,31)(H2,28,29,34)/t21-/m1/s1. The molecule has 1 aliphatic rings. The van der Waals surface area contributed by atoms with Crippen LogP contribution in [0.2, 0.25) is 5.02 Å². The van der Waals surface area contributed by atoms with Gasteiger partial charge >= 0.3 is 0 Å². The monoisotopic (exact) mass is 497 g/mol. The number of imidazole rings is 1. The summed E-state index contributed by atoms with van der Waals surface area (Å²) >= 11 is 5.84. The summed E-state index contributed by atoms with van der Waals surface area (Å²) in [7, 11) is 0. The number of ether oxygens (including phenoxy) is 1. The van der Waals surface area contributed by atoms with Gasteiger partial charge in [-0.05, 0) is 48.4 Å². The molecule has 5 rings (SSSR count). The van der Waals surface area contributed by atoms with E-state index in [4.69, 9.17) is 21.3 Å². The Labute approximate surface area is 205 Å². The van der Waals surface area contributed by atoms with E-state index in [-0.39, 0.29) is 17.1 Å². The third-order valence-electron chi connectivity index (χ3n) is 6.15. The fourth-order valence-electron chi connectivity index (χ4n) is 4.30. The summed E-state index contributed by atoms with van der Waals surface area (Å²) in [5.74, 6) is -0.129. The van der Waals surface area contributed by atoms with Gasteiger partial charge in [-0.15, -0.1) is 0 Å². The predicted molar refractivity (Wildman–Crippen MR) is 135 cm³/mol. The molecular weight excluding hydrogens is 473 g/mol. The Bertz CT molecular complexity index is 1430. The van der Waals surface area contributed by atoms with Crippen LogP contribution in [0, 0.1) is 12.7 Å².